The van der Waals surface area contributed by atoms with Gasteiger partial charge in [-0.3, -0.25) is 9.59 Å². The number of amides is 2. The minimum Gasteiger partial charge on any atom is -0.483 e. The van der Waals surface area contributed by atoms with Crippen molar-refractivity contribution >= 4 is 27.7 Å². The van der Waals surface area contributed by atoms with Gasteiger partial charge in [-0.1, -0.05) is 63.6 Å². The Bertz CT molecular complexity index is 949. The molecule has 0 aliphatic heterocycles. The molecule has 1 atom stereocenters. The number of hydrogen-bond donors (Lipinski definition) is 1. The van der Waals surface area contributed by atoms with Gasteiger partial charge in [0.05, 0.1) is 4.47 Å². The molecule has 2 aromatic carbocycles. The van der Waals surface area contributed by atoms with Crippen molar-refractivity contribution in [2.45, 2.75) is 78.9 Å². The van der Waals surface area contributed by atoms with Crippen LogP contribution < -0.4 is 10.1 Å². The second kappa shape index (κ2) is 11.7. The van der Waals surface area contributed by atoms with Gasteiger partial charge in [-0.05, 0) is 71.8 Å². The highest BCUT2D eigenvalue weighted by Gasteiger charge is 2.29. The van der Waals surface area contributed by atoms with Crippen LogP contribution in [-0.2, 0) is 21.5 Å². The average Bonchev–Trinajstić information content (AvgIpc) is 2.72. The van der Waals surface area contributed by atoms with Gasteiger partial charge in [0.2, 0.25) is 5.91 Å². The number of nitrogens with one attached hydrogen (secondary N) is 1. The molecule has 2 amide bonds. The first kappa shape index (κ1) is 26.9. The molecule has 0 radical (unpaired) electrons. The van der Waals surface area contributed by atoms with Crippen LogP contribution in [0.1, 0.15) is 64.7 Å². The number of carbonyl (C=O) groups excluding carboxylic acids is 2. The third-order valence-electron chi connectivity index (χ3n) is 5.44. The van der Waals surface area contributed by atoms with E-state index in [-0.39, 0.29) is 29.9 Å². The van der Waals surface area contributed by atoms with Gasteiger partial charge in [0.1, 0.15) is 11.8 Å². The van der Waals surface area contributed by atoms with E-state index in [1.165, 1.54) is 5.56 Å². The average molecular weight is 518 g/mol. The molecule has 0 bridgehead atoms. The predicted molar refractivity (Wildman–Crippen MR) is 137 cm³/mol. The molecule has 33 heavy (non-hydrogen) atoms. The fourth-order valence-electron chi connectivity index (χ4n) is 3.50. The molecule has 0 unspecified atom stereocenters. The van der Waals surface area contributed by atoms with E-state index < -0.39 is 6.04 Å². The number of ether oxygens (including phenoxy) is 1. The second-order valence-corrected chi connectivity index (χ2v) is 10.6. The van der Waals surface area contributed by atoms with E-state index >= 15 is 0 Å². The number of benzene rings is 2. The van der Waals surface area contributed by atoms with Crippen LogP contribution in [-0.4, -0.2) is 35.4 Å². The zero-order valence-electron chi connectivity index (χ0n) is 20.9. The van der Waals surface area contributed by atoms with E-state index in [4.69, 9.17) is 4.74 Å². The maximum atomic E-state index is 13.3. The molecule has 1 N–H and O–H groups in total. The number of halogens is 1. The third-order valence-corrected chi connectivity index (χ3v) is 6.06. The van der Waals surface area contributed by atoms with Gasteiger partial charge in [-0.15, -0.1) is 0 Å². The molecule has 0 fully saturated rings. The van der Waals surface area contributed by atoms with Crippen LogP contribution in [0.3, 0.4) is 0 Å². The molecule has 180 valence electrons. The van der Waals surface area contributed by atoms with E-state index in [2.05, 4.69) is 42.0 Å². The molecule has 0 spiro atoms. The smallest absolute Gasteiger partial charge is 0.261 e. The number of hydrogen-bond acceptors (Lipinski definition) is 3. The van der Waals surface area contributed by atoms with Gasteiger partial charge < -0.3 is 15.0 Å². The summed E-state index contributed by atoms with van der Waals surface area (Å²) in [5, 5.41) is 2.95. The molecule has 0 aliphatic carbocycles. The lowest BCUT2D eigenvalue weighted by molar-refractivity contribution is -0.143. The Labute approximate surface area is 207 Å². The Balaban J connectivity index is 2.23. The van der Waals surface area contributed by atoms with Crippen LogP contribution in [0.4, 0.5) is 0 Å². The molecule has 2 aromatic rings. The minimum absolute atomic E-state index is 0.00332. The van der Waals surface area contributed by atoms with Crippen LogP contribution >= 0.6 is 15.9 Å². The van der Waals surface area contributed by atoms with Crippen molar-refractivity contribution in [3.8, 4) is 5.75 Å². The Kier molecular flexibility index (Phi) is 9.53. The lowest BCUT2D eigenvalue weighted by Crippen LogP contribution is -2.51. The van der Waals surface area contributed by atoms with Gasteiger partial charge >= 0.3 is 0 Å². The van der Waals surface area contributed by atoms with Crippen molar-refractivity contribution in [3.63, 3.8) is 0 Å². The van der Waals surface area contributed by atoms with E-state index in [1.807, 2.05) is 70.2 Å². The summed E-state index contributed by atoms with van der Waals surface area (Å²) < 4.78 is 6.69. The highest BCUT2D eigenvalue weighted by Crippen LogP contribution is 2.31. The maximum Gasteiger partial charge on any atom is 0.261 e. The highest BCUT2D eigenvalue weighted by molar-refractivity contribution is 9.10. The van der Waals surface area contributed by atoms with Crippen LogP contribution in [0.5, 0.6) is 5.75 Å². The number of aryl methyl sites for hydroxylation is 1. The van der Waals surface area contributed by atoms with Crippen molar-refractivity contribution in [2.75, 3.05) is 6.61 Å². The van der Waals surface area contributed by atoms with Crippen LogP contribution in [0.15, 0.2) is 46.9 Å². The topological polar surface area (TPSA) is 58.6 Å². The SMILES string of the molecule is CC[C@H](C(=O)NC(C)C)N(Cc1ccc(C)cc1)C(=O)COc1ccc(C(C)(C)C)cc1Br. The molecule has 5 nitrogen and oxygen atoms in total. The maximum absolute atomic E-state index is 13.3. The normalized spacial score (nSPS) is 12.4. The standard InChI is InChI=1S/C27H37BrN2O3/c1-8-23(26(32)29-18(2)3)30(16-20-11-9-19(4)10-12-20)25(31)17-33-24-14-13-21(15-22(24)28)27(5,6)7/h9-15,18,23H,8,16-17H2,1-7H3,(H,29,32)/t23-/m1/s1. The summed E-state index contributed by atoms with van der Waals surface area (Å²) in [4.78, 5) is 27.8. The van der Waals surface area contributed by atoms with Crippen LogP contribution in [0.2, 0.25) is 0 Å². The molecule has 2 rings (SSSR count). The predicted octanol–water partition coefficient (Wildman–Crippen LogP) is 5.77. The summed E-state index contributed by atoms with van der Waals surface area (Å²) in [5.41, 5.74) is 3.30. The Morgan fingerprint density at radius 2 is 1.73 bits per heavy atom. The molecule has 6 heteroatoms. The highest BCUT2D eigenvalue weighted by atomic mass is 79.9. The molecular weight excluding hydrogens is 480 g/mol. The summed E-state index contributed by atoms with van der Waals surface area (Å²) in [6.45, 7) is 14.4. The van der Waals surface area contributed by atoms with Gasteiger partial charge in [0.15, 0.2) is 6.61 Å². The second-order valence-electron chi connectivity index (χ2n) is 9.78. The fraction of sp³-hybridized carbons (Fsp3) is 0.481. The quantitative estimate of drug-likeness (QED) is 0.460. The first-order chi connectivity index (χ1) is 15.4. The summed E-state index contributed by atoms with van der Waals surface area (Å²) in [6, 6.07) is 13.3. The van der Waals surface area contributed by atoms with Crippen molar-refractivity contribution in [3.05, 3.63) is 63.6 Å². The summed E-state index contributed by atoms with van der Waals surface area (Å²) >= 11 is 3.57. The van der Waals surface area contributed by atoms with Crippen molar-refractivity contribution in [1.29, 1.82) is 0 Å². The van der Waals surface area contributed by atoms with Crippen LogP contribution in [0.25, 0.3) is 0 Å². The van der Waals surface area contributed by atoms with E-state index in [1.54, 1.807) is 4.90 Å². The van der Waals surface area contributed by atoms with E-state index in [9.17, 15) is 9.59 Å². The largest absolute Gasteiger partial charge is 0.483 e. The fourth-order valence-corrected chi connectivity index (χ4v) is 3.99. The van der Waals surface area contributed by atoms with E-state index in [0.29, 0.717) is 18.7 Å². The van der Waals surface area contributed by atoms with Gasteiger partial charge in [-0.2, -0.15) is 0 Å². The lowest BCUT2D eigenvalue weighted by atomic mass is 9.87. The Morgan fingerprint density at radius 1 is 1.09 bits per heavy atom. The first-order valence-electron chi connectivity index (χ1n) is 11.5. The first-order valence-corrected chi connectivity index (χ1v) is 12.3. The lowest BCUT2D eigenvalue weighted by Gasteiger charge is -2.31. The molecule has 0 heterocycles. The van der Waals surface area contributed by atoms with Crippen molar-refractivity contribution in [1.82, 2.24) is 10.2 Å². The van der Waals surface area contributed by atoms with Crippen molar-refractivity contribution < 1.29 is 14.3 Å². The molecular formula is C27H37BrN2O3. The van der Waals surface area contributed by atoms with Gasteiger partial charge in [-0.25, -0.2) is 0 Å². The summed E-state index contributed by atoms with van der Waals surface area (Å²) in [7, 11) is 0. The zero-order valence-corrected chi connectivity index (χ0v) is 22.5. The van der Waals surface area contributed by atoms with Crippen LogP contribution in [0, 0.1) is 6.92 Å². The number of carbonyl (C=O) groups is 2. The number of rotatable bonds is 9. The van der Waals surface area contributed by atoms with E-state index in [0.717, 1.165) is 15.6 Å². The Hall–Kier alpha value is -2.34. The minimum atomic E-state index is -0.573. The third kappa shape index (κ3) is 7.88. The van der Waals surface area contributed by atoms with Gasteiger partial charge in [0, 0.05) is 12.6 Å². The number of nitrogens with zero attached hydrogens (tertiary/aromatic N) is 1. The zero-order chi connectivity index (χ0) is 24.8. The molecule has 0 aliphatic rings. The summed E-state index contributed by atoms with van der Waals surface area (Å²) in [6.07, 6.45) is 0.514. The Morgan fingerprint density at radius 3 is 2.24 bits per heavy atom. The molecule has 0 saturated carbocycles. The summed E-state index contributed by atoms with van der Waals surface area (Å²) in [5.74, 6) is 0.225. The van der Waals surface area contributed by atoms with Gasteiger partial charge in [0.25, 0.3) is 5.91 Å². The monoisotopic (exact) mass is 516 g/mol. The van der Waals surface area contributed by atoms with Crippen molar-refractivity contribution in [2.24, 2.45) is 0 Å². The molecule has 0 aromatic heterocycles. The molecule has 0 saturated heterocycles.